The average molecular weight is 524 g/mol. The smallest absolute Gasteiger partial charge is 0.126 e. The summed E-state index contributed by atoms with van der Waals surface area (Å²) in [5.41, 5.74) is 3.38. The number of hydrogen-bond acceptors (Lipinski definition) is 3. The van der Waals surface area contributed by atoms with Crippen molar-refractivity contribution in [3.63, 3.8) is 0 Å². The molecule has 34 heavy (non-hydrogen) atoms. The van der Waals surface area contributed by atoms with Gasteiger partial charge in [0.2, 0.25) is 0 Å². The highest BCUT2D eigenvalue weighted by Gasteiger charge is 2.11. The first kappa shape index (κ1) is 25.9. The first-order valence-corrected chi connectivity index (χ1v) is 13.3. The van der Waals surface area contributed by atoms with Crippen LogP contribution in [0.2, 0.25) is 0 Å². The summed E-state index contributed by atoms with van der Waals surface area (Å²) in [6.45, 7) is 1.84. The van der Waals surface area contributed by atoms with E-state index in [9.17, 15) is 0 Å². The quantitative estimate of drug-likeness (QED) is 0.107. The van der Waals surface area contributed by atoms with Crippen LogP contribution in [0.1, 0.15) is 48.8 Å². The number of ether oxygens (including phenoxy) is 3. The topological polar surface area (TPSA) is 27.7 Å². The summed E-state index contributed by atoms with van der Waals surface area (Å²) in [5, 5.41) is 1.08. The van der Waals surface area contributed by atoms with Gasteiger partial charge >= 0.3 is 0 Å². The van der Waals surface area contributed by atoms with E-state index in [2.05, 4.69) is 46.3 Å². The molecule has 4 heteroatoms. The zero-order valence-electron chi connectivity index (χ0n) is 19.8. The molecule has 0 amide bonds. The Kier molecular flexibility index (Phi) is 12.2. The summed E-state index contributed by atoms with van der Waals surface area (Å²) < 4.78 is 18.1. The van der Waals surface area contributed by atoms with E-state index in [1.54, 1.807) is 0 Å². The number of alkyl halides is 1. The minimum absolute atomic E-state index is 0.532. The van der Waals surface area contributed by atoms with Gasteiger partial charge in [0.25, 0.3) is 0 Å². The maximum Gasteiger partial charge on any atom is 0.126 e. The minimum atomic E-state index is 0.532. The number of rotatable bonds is 16. The molecule has 3 aromatic carbocycles. The zero-order chi connectivity index (χ0) is 23.7. The molecule has 0 N–H and O–H groups in total. The van der Waals surface area contributed by atoms with Gasteiger partial charge in [0.15, 0.2) is 0 Å². The Morgan fingerprint density at radius 1 is 0.647 bits per heavy atom. The van der Waals surface area contributed by atoms with E-state index in [0.29, 0.717) is 13.2 Å². The highest BCUT2D eigenvalue weighted by molar-refractivity contribution is 9.09. The van der Waals surface area contributed by atoms with E-state index >= 15 is 0 Å². The van der Waals surface area contributed by atoms with Crippen molar-refractivity contribution >= 4 is 15.9 Å². The fraction of sp³-hybridized carbons (Fsp3) is 0.333. The first-order valence-electron chi connectivity index (χ1n) is 12.1. The second-order valence-corrected chi connectivity index (χ2v) is 8.96. The molecule has 0 saturated carbocycles. The van der Waals surface area contributed by atoms with Crippen LogP contribution in [0.5, 0.6) is 11.5 Å². The highest BCUT2D eigenvalue weighted by atomic mass is 79.9. The van der Waals surface area contributed by atoms with E-state index in [4.69, 9.17) is 14.2 Å². The summed E-state index contributed by atoms with van der Waals surface area (Å²) in [7, 11) is 0. The Balaban J connectivity index is 1.58. The predicted molar refractivity (Wildman–Crippen MR) is 144 cm³/mol. The van der Waals surface area contributed by atoms with Gasteiger partial charge in [-0.25, -0.2) is 0 Å². The molecular weight excluding hydrogens is 488 g/mol. The van der Waals surface area contributed by atoms with E-state index < -0.39 is 0 Å². The van der Waals surface area contributed by atoms with E-state index in [0.717, 1.165) is 59.4 Å². The normalized spacial score (nSPS) is 11.0. The van der Waals surface area contributed by atoms with Gasteiger partial charge in [-0.15, -0.1) is 0 Å². The summed E-state index contributed by atoms with van der Waals surface area (Å²) in [5.74, 6) is 1.74. The number of allylic oxidation sites excluding steroid dienone is 1. The molecule has 0 aromatic heterocycles. The molecule has 3 rings (SSSR count). The lowest BCUT2D eigenvalue weighted by Crippen LogP contribution is -2.03. The Hall–Kier alpha value is -2.72. The molecule has 0 saturated heterocycles. The third kappa shape index (κ3) is 9.64. The number of benzene rings is 3. The minimum Gasteiger partial charge on any atom is -0.502 e. The first-order chi connectivity index (χ1) is 16.9. The lowest BCUT2D eigenvalue weighted by molar-refractivity contribution is 0.240. The molecule has 0 radical (unpaired) electrons. The van der Waals surface area contributed by atoms with Crippen LogP contribution in [-0.2, 0) is 24.4 Å². The van der Waals surface area contributed by atoms with Crippen molar-refractivity contribution in [3.8, 4) is 11.5 Å². The van der Waals surface area contributed by atoms with Crippen molar-refractivity contribution in [3.05, 3.63) is 108 Å². The Morgan fingerprint density at radius 2 is 1.24 bits per heavy atom. The van der Waals surface area contributed by atoms with Gasteiger partial charge in [-0.2, -0.15) is 0 Å². The van der Waals surface area contributed by atoms with Gasteiger partial charge in [-0.05, 0) is 55.0 Å². The standard InChI is InChI=1S/C30H35BrO3/c31-21-10-1-2-11-22-32-23-12-9-18-28-29(33-24-26-14-5-3-6-15-26)19-13-20-30(28)34-25-27-16-7-4-8-17-27/h3-8,12-17,19-20,23H,1-2,9-11,18,21-22,24-25H2. The van der Waals surface area contributed by atoms with Gasteiger partial charge in [0, 0.05) is 10.9 Å². The Labute approximate surface area is 212 Å². The van der Waals surface area contributed by atoms with Crippen LogP contribution < -0.4 is 9.47 Å². The number of unbranched alkanes of at least 4 members (excludes halogenated alkanes) is 3. The van der Waals surface area contributed by atoms with Crippen molar-refractivity contribution in [2.45, 2.75) is 51.7 Å². The van der Waals surface area contributed by atoms with Crippen molar-refractivity contribution in [1.29, 1.82) is 0 Å². The molecule has 0 spiro atoms. The van der Waals surface area contributed by atoms with Crippen LogP contribution in [0.4, 0.5) is 0 Å². The van der Waals surface area contributed by atoms with E-state index in [1.165, 1.54) is 19.3 Å². The number of halogens is 1. The summed E-state index contributed by atoms with van der Waals surface area (Å²) in [6.07, 6.45) is 10.4. The van der Waals surface area contributed by atoms with E-state index in [1.807, 2.05) is 60.9 Å². The summed E-state index contributed by atoms with van der Waals surface area (Å²) in [4.78, 5) is 0. The molecule has 180 valence electrons. The lowest BCUT2D eigenvalue weighted by Gasteiger charge is -2.16. The van der Waals surface area contributed by atoms with Gasteiger partial charge in [-0.3, -0.25) is 0 Å². The molecule has 0 atom stereocenters. The van der Waals surface area contributed by atoms with Crippen LogP contribution >= 0.6 is 15.9 Å². The monoisotopic (exact) mass is 522 g/mol. The SMILES string of the molecule is BrCCCCCCOC=CCCc1c(OCc2ccccc2)cccc1OCc1ccccc1. The van der Waals surface area contributed by atoms with Crippen molar-refractivity contribution in [2.24, 2.45) is 0 Å². The van der Waals surface area contributed by atoms with Crippen LogP contribution in [-0.4, -0.2) is 11.9 Å². The molecular formula is C30H35BrO3. The highest BCUT2D eigenvalue weighted by Crippen LogP contribution is 2.31. The Morgan fingerprint density at radius 3 is 1.82 bits per heavy atom. The van der Waals surface area contributed by atoms with Crippen LogP contribution in [0, 0.1) is 0 Å². The molecule has 0 fully saturated rings. The molecule has 0 bridgehead atoms. The fourth-order valence-electron chi connectivity index (χ4n) is 3.60. The maximum absolute atomic E-state index is 6.22. The molecule has 0 aliphatic carbocycles. The van der Waals surface area contributed by atoms with Crippen molar-refractivity contribution in [1.82, 2.24) is 0 Å². The molecule has 0 aliphatic heterocycles. The molecule has 3 nitrogen and oxygen atoms in total. The lowest BCUT2D eigenvalue weighted by atomic mass is 10.1. The predicted octanol–water partition coefficient (Wildman–Crippen LogP) is 8.26. The van der Waals surface area contributed by atoms with Crippen molar-refractivity contribution in [2.75, 3.05) is 11.9 Å². The molecule has 3 aromatic rings. The van der Waals surface area contributed by atoms with E-state index in [-0.39, 0.29) is 0 Å². The molecule has 0 aliphatic rings. The third-order valence-electron chi connectivity index (χ3n) is 5.46. The summed E-state index contributed by atoms with van der Waals surface area (Å²) in [6, 6.07) is 26.5. The zero-order valence-corrected chi connectivity index (χ0v) is 21.4. The van der Waals surface area contributed by atoms with Gasteiger partial charge in [0.1, 0.15) is 24.7 Å². The molecule has 0 heterocycles. The fourth-order valence-corrected chi connectivity index (χ4v) is 3.99. The number of hydrogen-bond donors (Lipinski definition) is 0. The van der Waals surface area contributed by atoms with Crippen LogP contribution in [0.15, 0.2) is 91.2 Å². The Bertz CT molecular complexity index is 896. The van der Waals surface area contributed by atoms with Crippen molar-refractivity contribution < 1.29 is 14.2 Å². The third-order valence-corrected chi connectivity index (χ3v) is 6.02. The largest absolute Gasteiger partial charge is 0.502 e. The molecule has 0 unspecified atom stereocenters. The second-order valence-electron chi connectivity index (χ2n) is 8.17. The van der Waals surface area contributed by atoms with Gasteiger partial charge in [0.05, 0.1) is 12.9 Å². The summed E-state index contributed by atoms with van der Waals surface area (Å²) >= 11 is 3.47. The van der Waals surface area contributed by atoms with Crippen LogP contribution in [0.25, 0.3) is 0 Å². The van der Waals surface area contributed by atoms with Gasteiger partial charge < -0.3 is 14.2 Å². The second kappa shape index (κ2) is 16.0. The average Bonchev–Trinajstić information content (AvgIpc) is 2.89. The van der Waals surface area contributed by atoms with Gasteiger partial charge in [-0.1, -0.05) is 95.5 Å². The van der Waals surface area contributed by atoms with Crippen LogP contribution in [0.3, 0.4) is 0 Å². The maximum atomic E-state index is 6.22.